The third-order valence-corrected chi connectivity index (χ3v) is 4.48. The van der Waals surface area contributed by atoms with Gasteiger partial charge in [-0.15, -0.1) is 0 Å². The van der Waals surface area contributed by atoms with Crippen LogP contribution in [-0.2, 0) is 4.79 Å². The number of carbonyl (C=O) groups excluding carboxylic acids is 1. The van der Waals surface area contributed by atoms with Crippen LogP contribution in [0, 0.1) is 18.2 Å². The summed E-state index contributed by atoms with van der Waals surface area (Å²) in [5, 5.41) is 2.99. The zero-order chi connectivity index (χ0) is 14.8. The maximum Gasteiger partial charge on any atom is 0.227 e. The van der Waals surface area contributed by atoms with Crippen molar-refractivity contribution < 1.29 is 9.18 Å². The summed E-state index contributed by atoms with van der Waals surface area (Å²) in [7, 11) is 0. The van der Waals surface area contributed by atoms with Crippen LogP contribution in [0.5, 0.6) is 0 Å². The van der Waals surface area contributed by atoms with Crippen LogP contribution in [0.3, 0.4) is 0 Å². The quantitative estimate of drug-likeness (QED) is 0.889. The molecule has 0 saturated heterocycles. The van der Waals surface area contributed by atoms with Crippen molar-refractivity contribution in [2.24, 2.45) is 11.1 Å². The zero-order valence-corrected chi connectivity index (χ0v) is 12.2. The predicted octanol–water partition coefficient (Wildman–Crippen LogP) is 2.83. The molecule has 1 fully saturated rings. The standard InChI is InChI=1S/C16H23FN2O/c1-11-5-6-13(9-14(11)17)12(2)19-15(20)16(10-18)7-3-4-8-16/h5-6,9,12H,3-4,7-8,10,18H2,1-2H3,(H,19,20). The van der Waals surface area contributed by atoms with Gasteiger partial charge in [0.25, 0.3) is 0 Å². The van der Waals surface area contributed by atoms with Crippen LogP contribution < -0.4 is 11.1 Å². The molecule has 0 radical (unpaired) electrons. The van der Waals surface area contributed by atoms with Crippen molar-refractivity contribution in [2.45, 2.75) is 45.6 Å². The van der Waals surface area contributed by atoms with E-state index in [1.165, 1.54) is 6.07 Å². The van der Waals surface area contributed by atoms with Crippen molar-refractivity contribution in [3.8, 4) is 0 Å². The molecule has 0 heterocycles. The van der Waals surface area contributed by atoms with E-state index in [0.717, 1.165) is 31.2 Å². The number of aryl methyl sites for hydroxylation is 1. The molecule has 0 aromatic heterocycles. The number of hydrogen-bond acceptors (Lipinski definition) is 2. The molecule has 3 nitrogen and oxygen atoms in total. The molecule has 110 valence electrons. The SMILES string of the molecule is Cc1ccc(C(C)NC(=O)C2(CN)CCCC2)cc1F. The Hall–Kier alpha value is -1.42. The van der Waals surface area contributed by atoms with Crippen molar-refractivity contribution in [1.29, 1.82) is 0 Å². The molecule has 1 unspecified atom stereocenters. The van der Waals surface area contributed by atoms with Crippen LogP contribution in [-0.4, -0.2) is 12.5 Å². The number of carbonyl (C=O) groups is 1. The van der Waals surface area contributed by atoms with E-state index in [0.29, 0.717) is 12.1 Å². The van der Waals surface area contributed by atoms with Gasteiger partial charge in [0.1, 0.15) is 5.82 Å². The number of hydrogen-bond donors (Lipinski definition) is 2. The summed E-state index contributed by atoms with van der Waals surface area (Å²) >= 11 is 0. The lowest BCUT2D eigenvalue weighted by Crippen LogP contribution is -2.44. The van der Waals surface area contributed by atoms with E-state index in [2.05, 4.69) is 5.32 Å². The minimum atomic E-state index is -0.419. The van der Waals surface area contributed by atoms with E-state index in [4.69, 9.17) is 5.73 Å². The predicted molar refractivity (Wildman–Crippen MR) is 77.7 cm³/mol. The minimum absolute atomic E-state index is 0.00554. The van der Waals surface area contributed by atoms with Crippen molar-refractivity contribution in [1.82, 2.24) is 5.32 Å². The van der Waals surface area contributed by atoms with E-state index < -0.39 is 5.41 Å². The normalized spacial score (nSPS) is 18.8. The largest absolute Gasteiger partial charge is 0.349 e. The monoisotopic (exact) mass is 278 g/mol. The first-order valence-corrected chi connectivity index (χ1v) is 7.25. The molecule has 1 aliphatic carbocycles. The summed E-state index contributed by atoms with van der Waals surface area (Å²) in [4.78, 5) is 12.4. The number of nitrogens with two attached hydrogens (primary N) is 1. The van der Waals surface area contributed by atoms with Crippen LogP contribution in [0.2, 0.25) is 0 Å². The van der Waals surface area contributed by atoms with Gasteiger partial charge in [0.05, 0.1) is 11.5 Å². The maximum absolute atomic E-state index is 13.6. The molecule has 2 rings (SSSR count). The van der Waals surface area contributed by atoms with Gasteiger partial charge in [0.15, 0.2) is 0 Å². The fourth-order valence-corrected chi connectivity index (χ4v) is 2.89. The fraction of sp³-hybridized carbons (Fsp3) is 0.562. The number of amides is 1. The Morgan fingerprint density at radius 2 is 2.10 bits per heavy atom. The second-order valence-corrected chi connectivity index (χ2v) is 5.90. The minimum Gasteiger partial charge on any atom is -0.349 e. The second-order valence-electron chi connectivity index (χ2n) is 5.90. The van der Waals surface area contributed by atoms with Gasteiger partial charge < -0.3 is 11.1 Å². The molecule has 1 aromatic rings. The molecule has 1 aliphatic rings. The van der Waals surface area contributed by atoms with E-state index >= 15 is 0 Å². The molecule has 1 amide bonds. The summed E-state index contributed by atoms with van der Waals surface area (Å²) in [6, 6.07) is 4.88. The van der Waals surface area contributed by atoms with Gasteiger partial charge in [0.2, 0.25) is 5.91 Å². The first-order valence-electron chi connectivity index (χ1n) is 7.25. The summed E-state index contributed by atoms with van der Waals surface area (Å²) in [5.74, 6) is -0.232. The van der Waals surface area contributed by atoms with Crippen molar-refractivity contribution in [3.63, 3.8) is 0 Å². The maximum atomic E-state index is 13.6. The number of nitrogens with one attached hydrogen (secondary N) is 1. The Kier molecular flexibility index (Phi) is 4.43. The summed E-state index contributed by atoms with van der Waals surface area (Å²) in [6.45, 7) is 3.99. The molecule has 0 bridgehead atoms. The zero-order valence-electron chi connectivity index (χ0n) is 12.2. The first kappa shape index (κ1) is 15.0. The Labute approximate surface area is 119 Å². The van der Waals surface area contributed by atoms with Crippen LogP contribution in [0.1, 0.15) is 49.8 Å². The molecular weight excluding hydrogens is 255 g/mol. The van der Waals surface area contributed by atoms with Gasteiger partial charge in [-0.25, -0.2) is 4.39 Å². The van der Waals surface area contributed by atoms with E-state index in [1.807, 2.05) is 13.0 Å². The van der Waals surface area contributed by atoms with Crippen LogP contribution in [0.15, 0.2) is 18.2 Å². The van der Waals surface area contributed by atoms with Crippen molar-refractivity contribution >= 4 is 5.91 Å². The molecule has 0 aliphatic heterocycles. The lowest BCUT2D eigenvalue weighted by atomic mass is 9.85. The topological polar surface area (TPSA) is 55.1 Å². The Morgan fingerprint density at radius 1 is 1.45 bits per heavy atom. The Morgan fingerprint density at radius 3 is 2.65 bits per heavy atom. The number of rotatable bonds is 4. The van der Waals surface area contributed by atoms with Gasteiger partial charge in [-0.2, -0.15) is 0 Å². The number of halogens is 1. The Balaban J connectivity index is 2.08. The molecule has 1 atom stereocenters. The highest BCUT2D eigenvalue weighted by Gasteiger charge is 2.40. The smallest absolute Gasteiger partial charge is 0.227 e. The fourth-order valence-electron chi connectivity index (χ4n) is 2.89. The summed E-state index contributed by atoms with van der Waals surface area (Å²) < 4.78 is 13.6. The molecule has 1 aromatic carbocycles. The van der Waals surface area contributed by atoms with Crippen molar-refractivity contribution in [3.05, 3.63) is 35.1 Å². The van der Waals surface area contributed by atoms with E-state index in [9.17, 15) is 9.18 Å². The highest BCUT2D eigenvalue weighted by atomic mass is 19.1. The molecule has 20 heavy (non-hydrogen) atoms. The van der Waals surface area contributed by atoms with Crippen LogP contribution >= 0.6 is 0 Å². The van der Waals surface area contributed by atoms with Gasteiger partial charge >= 0.3 is 0 Å². The van der Waals surface area contributed by atoms with E-state index in [-0.39, 0.29) is 17.8 Å². The molecule has 0 spiro atoms. The van der Waals surface area contributed by atoms with Crippen LogP contribution in [0.4, 0.5) is 4.39 Å². The summed E-state index contributed by atoms with van der Waals surface area (Å²) in [5.41, 5.74) is 6.78. The third-order valence-electron chi connectivity index (χ3n) is 4.48. The lowest BCUT2D eigenvalue weighted by Gasteiger charge is -2.28. The van der Waals surface area contributed by atoms with Gasteiger partial charge in [-0.05, 0) is 43.9 Å². The molecule has 4 heteroatoms. The average molecular weight is 278 g/mol. The van der Waals surface area contributed by atoms with Gasteiger partial charge in [-0.1, -0.05) is 25.0 Å². The van der Waals surface area contributed by atoms with Gasteiger partial charge in [0, 0.05) is 6.54 Å². The first-order chi connectivity index (χ1) is 9.48. The van der Waals surface area contributed by atoms with Crippen molar-refractivity contribution in [2.75, 3.05) is 6.54 Å². The Bertz CT molecular complexity index is 495. The third kappa shape index (κ3) is 2.85. The lowest BCUT2D eigenvalue weighted by molar-refractivity contribution is -0.131. The average Bonchev–Trinajstić information content (AvgIpc) is 2.91. The van der Waals surface area contributed by atoms with Crippen LogP contribution in [0.25, 0.3) is 0 Å². The van der Waals surface area contributed by atoms with Gasteiger partial charge in [-0.3, -0.25) is 4.79 Å². The molecular formula is C16H23FN2O. The van der Waals surface area contributed by atoms with E-state index in [1.54, 1.807) is 13.0 Å². The molecule has 3 N–H and O–H groups in total. The second kappa shape index (κ2) is 5.92. The highest BCUT2D eigenvalue weighted by molar-refractivity contribution is 5.83. The molecule has 1 saturated carbocycles. The highest BCUT2D eigenvalue weighted by Crippen LogP contribution is 2.37. The number of benzene rings is 1. The summed E-state index contributed by atoms with van der Waals surface area (Å²) in [6.07, 6.45) is 3.81.